The number of piperidine rings is 1. The summed E-state index contributed by atoms with van der Waals surface area (Å²) in [4.78, 5) is 17.8. The summed E-state index contributed by atoms with van der Waals surface area (Å²) in [5.74, 6) is 1.37. The summed E-state index contributed by atoms with van der Waals surface area (Å²) >= 11 is 0. The van der Waals surface area contributed by atoms with Gasteiger partial charge in [0.25, 0.3) is 0 Å². The van der Waals surface area contributed by atoms with Gasteiger partial charge in [-0.25, -0.2) is 0 Å². The van der Waals surface area contributed by atoms with Gasteiger partial charge in [0.15, 0.2) is 5.76 Å². The van der Waals surface area contributed by atoms with Gasteiger partial charge in [-0.2, -0.15) is 4.98 Å². The Balaban J connectivity index is 1.66. The Morgan fingerprint density at radius 1 is 1.48 bits per heavy atom. The number of amides is 1. The topological polar surface area (TPSA) is 98.4 Å². The van der Waals surface area contributed by atoms with Gasteiger partial charge in [-0.3, -0.25) is 9.69 Å². The molecule has 0 bridgehead atoms. The summed E-state index contributed by atoms with van der Waals surface area (Å²) < 4.78 is 10.6. The van der Waals surface area contributed by atoms with Crippen LogP contribution in [0.25, 0.3) is 11.6 Å². The van der Waals surface area contributed by atoms with Crippen molar-refractivity contribution in [2.75, 3.05) is 13.1 Å². The average molecular weight is 290 g/mol. The third-order valence-corrected chi connectivity index (χ3v) is 4.02. The lowest BCUT2D eigenvalue weighted by molar-refractivity contribution is -0.123. The van der Waals surface area contributed by atoms with Gasteiger partial charge in [0.2, 0.25) is 17.6 Å². The Morgan fingerprint density at radius 3 is 2.86 bits per heavy atom. The molecule has 1 amide bonds. The highest BCUT2D eigenvalue weighted by Gasteiger charge is 2.29. The number of likely N-dealkylation sites (tertiary alicyclic amines) is 1. The number of carbonyl (C=O) groups excluding carboxylic acids is 1. The molecule has 0 unspecified atom stereocenters. The van der Waals surface area contributed by atoms with Crippen molar-refractivity contribution in [1.29, 1.82) is 0 Å². The van der Waals surface area contributed by atoms with E-state index < -0.39 is 0 Å². The van der Waals surface area contributed by atoms with Crippen LogP contribution in [0.3, 0.4) is 0 Å². The van der Waals surface area contributed by atoms with Crippen LogP contribution in [0.4, 0.5) is 0 Å². The molecule has 0 aromatic carbocycles. The summed E-state index contributed by atoms with van der Waals surface area (Å²) in [6, 6.07) is 3.58. The summed E-state index contributed by atoms with van der Waals surface area (Å²) in [6.45, 7) is 3.62. The average Bonchev–Trinajstić information content (AvgIpc) is 3.17. The Morgan fingerprint density at radius 2 is 2.24 bits per heavy atom. The van der Waals surface area contributed by atoms with Crippen molar-refractivity contribution in [1.82, 2.24) is 15.0 Å². The highest BCUT2D eigenvalue weighted by atomic mass is 16.5. The summed E-state index contributed by atoms with van der Waals surface area (Å²) in [5, 5.41) is 3.94. The first kappa shape index (κ1) is 13.8. The quantitative estimate of drug-likeness (QED) is 0.918. The van der Waals surface area contributed by atoms with Gasteiger partial charge in [0.1, 0.15) is 0 Å². The van der Waals surface area contributed by atoms with Gasteiger partial charge < -0.3 is 14.7 Å². The Labute approximate surface area is 122 Å². The predicted molar refractivity (Wildman–Crippen MR) is 73.9 cm³/mol. The summed E-state index contributed by atoms with van der Waals surface area (Å²) in [6.07, 6.45) is 3.13. The summed E-state index contributed by atoms with van der Waals surface area (Å²) in [5.41, 5.74) is 5.35. The van der Waals surface area contributed by atoms with Crippen molar-refractivity contribution in [2.45, 2.75) is 25.8 Å². The highest BCUT2D eigenvalue weighted by molar-refractivity contribution is 5.76. The molecule has 1 saturated heterocycles. The zero-order valence-corrected chi connectivity index (χ0v) is 11.9. The van der Waals surface area contributed by atoms with Crippen LogP contribution in [0, 0.1) is 5.92 Å². The lowest BCUT2D eigenvalue weighted by atomic mass is 9.95. The number of hydrogen-bond acceptors (Lipinski definition) is 6. The molecule has 0 saturated carbocycles. The fourth-order valence-corrected chi connectivity index (χ4v) is 2.64. The van der Waals surface area contributed by atoms with E-state index in [1.54, 1.807) is 18.4 Å². The van der Waals surface area contributed by atoms with Crippen LogP contribution in [0.2, 0.25) is 0 Å². The molecule has 2 N–H and O–H groups in total. The highest BCUT2D eigenvalue weighted by Crippen LogP contribution is 2.27. The van der Waals surface area contributed by atoms with Gasteiger partial charge in [-0.15, -0.1) is 0 Å². The van der Waals surface area contributed by atoms with E-state index in [4.69, 9.17) is 14.7 Å². The predicted octanol–water partition coefficient (Wildman–Crippen LogP) is 1.59. The first-order valence-electron chi connectivity index (χ1n) is 7.06. The number of nitrogens with two attached hydrogens (primary N) is 1. The van der Waals surface area contributed by atoms with E-state index in [1.165, 1.54) is 0 Å². The van der Waals surface area contributed by atoms with Gasteiger partial charge in [-0.05, 0) is 45.0 Å². The van der Waals surface area contributed by atoms with Crippen molar-refractivity contribution in [3.63, 3.8) is 0 Å². The van der Waals surface area contributed by atoms with Gasteiger partial charge in [0, 0.05) is 5.92 Å². The van der Waals surface area contributed by atoms with Crippen molar-refractivity contribution < 1.29 is 13.7 Å². The number of furan rings is 1. The van der Waals surface area contributed by atoms with Gasteiger partial charge in [-0.1, -0.05) is 5.16 Å². The second-order valence-electron chi connectivity index (χ2n) is 5.32. The molecule has 1 fully saturated rings. The van der Waals surface area contributed by atoms with E-state index in [0.29, 0.717) is 17.5 Å². The molecule has 7 nitrogen and oxygen atoms in total. The molecule has 3 heterocycles. The molecule has 1 aliphatic rings. The molecular formula is C14H18N4O3. The van der Waals surface area contributed by atoms with E-state index in [9.17, 15) is 4.79 Å². The molecule has 2 aromatic heterocycles. The Bertz CT molecular complexity index is 600. The second-order valence-corrected chi connectivity index (χ2v) is 5.32. The Kier molecular flexibility index (Phi) is 3.74. The molecule has 0 radical (unpaired) electrons. The standard InChI is InChI=1S/C14H18N4O3/c1-9(18-6-4-10(5-7-18)12(15)19)14-16-13(17-21-14)11-3-2-8-20-11/h2-3,8-10H,4-7H2,1H3,(H2,15,19)/t9-/m1/s1. The number of rotatable bonds is 4. The maximum absolute atomic E-state index is 11.2. The van der Waals surface area contributed by atoms with E-state index >= 15 is 0 Å². The molecule has 112 valence electrons. The minimum atomic E-state index is -0.208. The van der Waals surface area contributed by atoms with Crippen molar-refractivity contribution >= 4 is 5.91 Å². The normalized spacial score (nSPS) is 18.7. The van der Waals surface area contributed by atoms with Crippen LogP contribution in [0.15, 0.2) is 27.3 Å². The van der Waals surface area contributed by atoms with Crippen LogP contribution in [0.5, 0.6) is 0 Å². The maximum atomic E-state index is 11.2. The zero-order chi connectivity index (χ0) is 14.8. The SMILES string of the molecule is C[C@H](c1nc(-c2ccco2)no1)N1CCC(C(N)=O)CC1. The fraction of sp³-hybridized carbons (Fsp3) is 0.500. The molecule has 2 aromatic rings. The first-order chi connectivity index (χ1) is 10.1. The largest absolute Gasteiger partial charge is 0.461 e. The van der Waals surface area contributed by atoms with Crippen molar-refractivity contribution in [2.24, 2.45) is 11.7 Å². The molecular weight excluding hydrogens is 272 g/mol. The van der Waals surface area contributed by atoms with Crippen molar-refractivity contribution in [3.8, 4) is 11.6 Å². The van der Waals surface area contributed by atoms with E-state index in [-0.39, 0.29) is 17.9 Å². The lowest BCUT2D eigenvalue weighted by Gasteiger charge is -2.33. The zero-order valence-electron chi connectivity index (χ0n) is 11.9. The number of primary amides is 1. The van der Waals surface area contributed by atoms with Crippen LogP contribution < -0.4 is 5.73 Å². The number of aromatic nitrogens is 2. The fourth-order valence-electron chi connectivity index (χ4n) is 2.64. The molecule has 3 rings (SSSR count). The Hall–Kier alpha value is -2.15. The maximum Gasteiger partial charge on any atom is 0.244 e. The van der Waals surface area contributed by atoms with Gasteiger partial charge in [0.05, 0.1) is 12.3 Å². The number of carbonyl (C=O) groups is 1. The first-order valence-corrected chi connectivity index (χ1v) is 7.06. The van der Waals surface area contributed by atoms with Crippen LogP contribution in [0.1, 0.15) is 31.7 Å². The lowest BCUT2D eigenvalue weighted by Crippen LogP contribution is -2.39. The summed E-state index contributed by atoms with van der Waals surface area (Å²) in [7, 11) is 0. The number of hydrogen-bond donors (Lipinski definition) is 1. The second kappa shape index (κ2) is 5.69. The van der Waals surface area contributed by atoms with E-state index in [0.717, 1.165) is 25.9 Å². The van der Waals surface area contributed by atoms with Crippen LogP contribution in [-0.4, -0.2) is 34.0 Å². The third-order valence-electron chi connectivity index (χ3n) is 4.02. The third kappa shape index (κ3) is 2.82. The molecule has 0 aliphatic carbocycles. The minimum Gasteiger partial charge on any atom is -0.461 e. The van der Waals surface area contributed by atoms with Crippen LogP contribution in [-0.2, 0) is 4.79 Å². The van der Waals surface area contributed by atoms with Crippen molar-refractivity contribution in [3.05, 3.63) is 24.3 Å². The van der Waals surface area contributed by atoms with E-state index in [1.807, 2.05) is 6.92 Å². The molecule has 7 heteroatoms. The van der Waals surface area contributed by atoms with Gasteiger partial charge >= 0.3 is 0 Å². The molecule has 1 atom stereocenters. The van der Waals surface area contributed by atoms with Crippen LogP contribution >= 0.6 is 0 Å². The minimum absolute atomic E-state index is 0.00930. The monoisotopic (exact) mass is 290 g/mol. The molecule has 21 heavy (non-hydrogen) atoms. The van der Waals surface area contributed by atoms with E-state index in [2.05, 4.69) is 15.0 Å². The smallest absolute Gasteiger partial charge is 0.244 e. The number of nitrogens with zero attached hydrogens (tertiary/aromatic N) is 3. The molecule has 1 aliphatic heterocycles. The molecule has 0 spiro atoms.